The molecule has 188 valence electrons. The maximum atomic E-state index is 12.8. The number of halogens is 3. The van der Waals surface area contributed by atoms with Crippen LogP contribution < -0.4 is 14.8 Å². The van der Waals surface area contributed by atoms with Gasteiger partial charge in [-0.1, -0.05) is 0 Å². The van der Waals surface area contributed by atoms with Crippen molar-refractivity contribution in [3.63, 3.8) is 0 Å². The normalized spacial score (nSPS) is 18.5. The van der Waals surface area contributed by atoms with Crippen molar-refractivity contribution in [3.8, 4) is 11.5 Å². The molecule has 0 atom stereocenters. The van der Waals surface area contributed by atoms with E-state index in [1.165, 1.54) is 30.8 Å². The minimum absolute atomic E-state index is 0.166. The third-order valence-corrected chi connectivity index (χ3v) is 6.89. The number of hydrogen-bond acceptors (Lipinski definition) is 6. The fraction of sp³-hybridized carbons (Fsp3) is 0.640. The lowest BCUT2D eigenvalue weighted by atomic mass is 9.87. The molecule has 1 N–H and O–H groups in total. The maximum Gasteiger partial charge on any atom is 0.401 e. The number of aromatic nitrogens is 1. The SMILES string of the molecule is CNc1cc(C2CCN(CC(F)(F)F)CC2)c2cc(OC)c(OCCCN3CCCC3)cc2n1. The van der Waals surface area contributed by atoms with Gasteiger partial charge in [-0.2, -0.15) is 13.2 Å². The highest BCUT2D eigenvalue weighted by Crippen LogP contribution is 2.39. The van der Waals surface area contributed by atoms with E-state index in [0.717, 1.165) is 35.2 Å². The summed E-state index contributed by atoms with van der Waals surface area (Å²) in [5.41, 5.74) is 1.90. The molecule has 0 aliphatic carbocycles. The Kier molecular flexibility index (Phi) is 8.03. The number of pyridine rings is 1. The third kappa shape index (κ3) is 6.24. The lowest BCUT2D eigenvalue weighted by molar-refractivity contribution is -0.147. The van der Waals surface area contributed by atoms with E-state index in [0.29, 0.717) is 44.0 Å². The van der Waals surface area contributed by atoms with E-state index >= 15 is 0 Å². The van der Waals surface area contributed by atoms with Crippen molar-refractivity contribution >= 4 is 16.7 Å². The second-order valence-electron chi connectivity index (χ2n) is 9.28. The molecule has 2 aromatic rings. The van der Waals surface area contributed by atoms with Crippen LogP contribution in [0.3, 0.4) is 0 Å². The van der Waals surface area contributed by atoms with E-state index in [-0.39, 0.29) is 5.92 Å². The molecule has 0 radical (unpaired) electrons. The van der Waals surface area contributed by atoms with Crippen LogP contribution in [0.4, 0.5) is 19.0 Å². The Hall–Kier alpha value is -2.26. The fourth-order valence-corrected chi connectivity index (χ4v) is 5.13. The average molecular weight is 481 g/mol. The van der Waals surface area contributed by atoms with E-state index in [4.69, 9.17) is 14.5 Å². The molecule has 2 aliphatic heterocycles. The second kappa shape index (κ2) is 11.0. The first kappa shape index (κ1) is 24.9. The second-order valence-corrected chi connectivity index (χ2v) is 9.28. The molecular weight excluding hydrogens is 445 g/mol. The molecule has 0 amide bonds. The van der Waals surface area contributed by atoms with Crippen molar-refractivity contribution < 1.29 is 22.6 Å². The molecule has 6 nitrogen and oxygen atoms in total. The predicted molar refractivity (Wildman–Crippen MR) is 128 cm³/mol. The van der Waals surface area contributed by atoms with Crippen LogP contribution in [0, 0.1) is 0 Å². The Morgan fingerprint density at radius 1 is 1.03 bits per heavy atom. The number of nitrogens with zero attached hydrogens (tertiary/aromatic N) is 3. The van der Waals surface area contributed by atoms with E-state index in [1.54, 1.807) is 7.11 Å². The van der Waals surface area contributed by atoms with Crippen LogP contribution >= 0.6 is 0 Å². The Labute approximate surface area is 199 Å². The number of methoxy groups -OCH3 is 1. The van der Waals surface area contributed by atoms with E-state index in [9.17, 15) is 13.2 Å². The number of hydrogen-bond donors (Lipinski definition) is 1. The first-order valence-electron chi connectivity index (χ1n) is 12.2. The number of fused-ring (bicyclic) bond motifs is 1. The Morgan fingerprint density at radius 2 is 1.76 bits per heavy atom. The van der Waals surface area contributed by atoms with Gasteiger partial charge in [0.2, 0.25) is 0 Å². The zero-order chi connectivity index (χ0) is 24.1. The number of anilines is 1. The first-order chi connectivity index (χ1) is 16.4. The minimum Gasteiger partial charge on any atom is -0.493 e. The molecule has 2 saturated heterocycles. The zero-order valence-corrected chi connectivity index (χ0v) is 20.1. The number of alkyl halides is 3. The van der Waals surface area contributed by atoms with Gasteiger partial charge in [-0.3, -0.25) is 4.90 Å². The summed E-state index contributed by atoms with van der Waals surface area (Å²) < 4.78 is 50.1. The Morgan fingerprint density at radius 3 is 2.41 bits per heavy atom. The molecule has 0 spiro atoms. The van der Waals surface area contributed by atoms with Crippen molar-refractivity contribution in [2.24, 2.45) is 0 Å². The van der Waals surface area contributed by atoms with Gasteiger partial charge < -0.3 is 19.7 Å². The molecule has 3 heterocycles. The summed E-state index contributed by atoms with van der Waals surface area (Å²) in [6.07, 6.45) is 0.705. The molecular formula is C25H35F3N4O2. The molecule has 2 aliphatic rings. The number of nitrogens with one attached hydrogen (secondary N) is 1. The van der Waals surface area contributed by atoms with Crippen molar-refractivity contribution in [1.29, 1.82) is 0 Å². The zero-order valence-electron chi connectivity index (χ0n) is 20.1. The van der Waals surface area contributed by atoms with E-state index in [1.807, 2.05) is 25.2 Å². The molecule has 9 heteroatoms. The van der Waals surface area contributed by atoms with Crippen molar-refractivity contribution in [2.75, 3.05) is 65.3 Å². The predicted octanol–water partition coefficient (Wildman–Crippen LogP) is 4.89. The highest BCUT2D eigenvalue weighted by molar-refractivity contribution is 5.88. The molecule has 0 bridgehead atoms. The maximum absolute atomic E-state index is 12.8. The average Bonchev–Trinajstić information content (AvgIpc) is 3.33. The minimum atomic E-state index is -4.16. The number of benzene rings is 1. The summed E-state index contributed by atoms with van der Waals surface area (Å²) >= 11 is 0. The van der Waals surface area contributed by atoms with Gasteiger partial charge in [0.25, 0.3) is 0 Å². The molecule has 1 aromatic carbocycles. The number of rotatable bonds is 9. The van der Waals surface area contributed by atoms with E-state index in [2.05, 4.69) is 10.2 Å². The van der Waals surface area contributed by atoms with Crippen LogP contribution in [0.25, 0.3) is 10.9 Å². The number of likely N-dealkylation sites (tertiary alicyclic amines) is 2. The Bertz CT molecular complexity index is 955. The fourth-order valence-electron chi connectivity index (χ4n) is 5.13. The molecule has 34 heavy (non-hydrogen) atoms. The standard InChI is InChI=1S/C25H35F3N4O2/c1-29-24-15-19(18-6-11-32(12-7-18)17-25(26,27)28)20-14-22(33-2)23(16-21(20)30-24)34-13-5-10-31-8-3-4-9-31/h14-16,18H,3-13,17H2,1-2H3,(H,29,30). The van der Waals surface area contributed by atoms with Crippen LogP contribution in [0.5, 0.6) is 11.5 Å². The van der Waals surface area contributed by atoms with E-state index < -0.39 is 12.7 Å². The van der Waals surface area contributed by atoms with Crippen LogP contribution in [0.2, 0.25) is 0 Å². The van der Waals surface area contributed by atoms with Gasteiger partial charge in [-0.15, -0.1) is 0 Å². The number of ether oxygens (including phenoxy) is 2. The highest BCUT2D eigenvalue weighted by atomic mass is 19.4. The van der Waals surface area contributed by atoms with Crippen LogP contribution in [0.1, 0.15) is 43.6 Å². The van der Waals surface area contributed by atoms with Crippen molar-refractivity contribution in [3.05, 3.63) is 23.8 Å². The first-order valence-corrected chi connectivity index (χ1v) is 12.2. The van der Waals surface area contributed by atoms with Gasteiger partial charge in [0.15, 0.2) is 11.5 Å². The topological polar surface area (TPSA) is 49.9 Å². The summed E-state index contributed by atoms with van der Waals surface area (Å²) in [5.74, 6) is 2.23. The van der Waals surface area contributed by atoms with Gasteiger partial charge in [0.1, 0.15) is 5.82 Å². The lowest BCUT2D eigenvalue weighted by Gasteiger charge is -2.33. The quantitative estimate of drug-likeness (QED) is 0.516. The summed E-state index contributed by atoms with van der Waals surface area (Å²) in [7, 11) is 3.45. The molecule has 4 rings (SSSR count). The summed E-state index contributed by atoms with van der Waals surface area (Å²) in [6, 6.07) is 5.91. The van der Waals surface area contributed by atoms with Gasteiger partial charge in [-0.25, -0.2) is 4.98 Å². The molecule has 0 saturated carbocycles. The monoisotopic (exact) mass is 480 g/mol. The molecule has 1 aromatic heterocycles. The molecule has 2 fully saturated rings. The number of piperidine rings is 1. The smallest absolute Gasteiger partial charge is 0.401 e. The largest absolute Gasteiger partial charge is 0.493 e. The van der Waals surface area contributed by atoms with Gasteiger partial charge in [-0.05, 0) is 81.9 Å². The van der Waals surface area contributed by atoms with Crippen LogP contribution in [-0.2, 0) is 0 Å². The van der Waals surface area contributed by atoms with Crippen LogP contribution in [-0.4, -0.2) is 81.0 Å². The Balaban J connectivity index is 1.51. The van der Waals surface area contributed by atoms with Crippen LogP contribution in [0.15, 0.2) is 18.2 Å². The van der Waals surface area contributed by atoms with Gasteiger partial charge in [0, 0.05) is 25.0 Å². The third-order valence-electron chi connectivity index (χ3n) is 6.89. The molecule has 0 unspecified atom stereocenters. The summed E-state index contributed by atoms with van der Waals surface area (Å²) in [4.78, 5) is 8.69. The van der Waals surface area contributed by atoms with Crippen molar-refractivity contribution in [1.82, 2.24) is 14.8 Å². The summed E-state index contributed by atoms with van der Waals surface area (Å²) in [5, 5.41) is 4.09. The highest BCUT2D eigenvalue weighted by Gasteiger charge is 2.33. The lowest BCUT2D eigenvalue weighted by Crippen LogP contribution is -2.39. The summed E-state index contributed by atoms with van der Waals surface area (Å²) in [6.45, 7) is 4.01. The van der Waals surface area contributed by atoms with Gasteiger partial charge >= 0.3 is 6.18 Å². The van der Waals surface area contributed by atoms with Gasteiger partial charge in [0.05, 0.1) is 25.8 Å². The van der Waals surface area contributed by atoms with Crippen molar-refractivity contribution in [2.45, 2.75) is 44.2 Å².